The molecule has 0 saturated carbocycles. The van der Waals surface area contributed by atoms with Crippen molar-refractivity contribution >= 4 is 39.6 Å². The van der Waals surface area contributed by atoms with Crippen LogP contribution in [-0.4, -0.2) is 54.6 Å². The minimum absolute atomic E-state index is 0.106. The number of aromatic nitrogens is 4. The van der Waals surface area contributed by atoms with E-state index in [2.05, 4.69) is 20.3 Å². The summed E-state index contributed by atoms with van der Waals surface area (Å²) in [4.78, 5) is 23.9. The van der Waals surface area contributed by atoms with E-state index >= 15 is 0 Å². The van der Waals surface area contributed by atoms with Crippen molar-refractivity contribution in [2.24, 2.45) is 0 Å². The lowest BCUT2D eigenvalue weighted by Gasteiger charge is -2.14. The number of halogens is 1. The number of aliphatic hydroxyl groups is 2. The average molecular weight is 410 g/mol. The monoisotopic (exact) mass is 409 g/mol. The first-order valence-electron chi connectivity index (χ1n) is 8.91. The molecule has 1 fully saturated rings. The second kappa shape index (κ2) is 7.67. The number of pyridine rings is 1. The fourth-order valence-electron chi connectivity index (χ4n) is 3.12. The van der Waals surface area contributed by atoms with Crippen LogP contribution in [0.4, 0.5) is 0 Å². The molecule has 1 saturated heterocycles. The molecule has 0 aromatic carbocycles. The standard InChI is InChI=1S/C15H16ClN5O2.C3H8O2/c1-7-5-8-11(19-7)12-14(20-13(8)16)21(6-18-12)10-4-3-9(23-10)15(22)17-2;1-3(2,4)5/h5-6,9-10,19H,3-4H2,1-2H3,(H,17,22);4-5H,1-2H3. The lowest BCUT2D eigenvalue weighted by molar-refractivity contribution is -0.133. The normalized spacial score (nSPS) is 19.7. The number of hydrogen-bond donors (Lipinski definition) is 4. The van der Waals surface area contributed by atoms with E-state index in [9.17, 15) is 4.79 Å². The first-order valence-corrected chi connectivity index (χ1v) is 9.29. The minimum Gasteiger partial charge on any atom is -0.366 e. The Kier molecular flexibility index (Phi) is 5.62. The number of amides is 1. The number of aryl methyl sites for hydroxylation is 1. The molecular weight excluding hydrogens is 386 g/mol. The molecule has 3 aromatic heterocycles. The number of rotatable bonds is 2. The van der Waals surface area contributed by atoms with Crippen molar-refractivity contribution in [2.45, 2.75) is 51.7 Å². The van der Waals surface area contributed by atoms with E-state index in [-0.39, 0.29) is 12.1 Å². The summed E-state index contributed by atoms with van der Waals surface area (Å²) in [5.74, 6) is -1.61. The number of hydrogen-bond acceptors (Lipinski definition) is 6. The molecule has 0 radical (unpaired) electrons. The van der Waals surface area contributed by atoms with Gasteiger partial charge in [0, 0.05) is 18.1 Å². The number of carbonyl (C=O) groups is 1. The number of H-pyrrole nitrogens is 1. The van der Waals surface area contributed by atoms with Gasteiger partial charge in [-0.1, -0.05) is 11.6 Å². The highest BCUT2D eigenvalue weighted by Crippen LogP contribution is 2.34. The third-order valence-electron chi connectivity index (χ3n) is 4.23. The molecular formula is C18H24ClN5O4. The number of imidazole rings is 1. The zero-order chi connectivity index (χ0) is 20.6. The molecule has 10 heteroatoms. The topological polar surface area (TPSA) is 125 Å². The van der Waals surface area contributed by atoms with Crippen molar-refractivity contribution in [3.63, 3.8) is 0 Å². The van der Waals surface area contributed by atoms with E-state index < -0.39 is 11.9 Å². The Morgan fingerprint density at radius 1 is 1.43 bits per heavy atom. The summed E-state index contributed by atoms with van der Waals surface area (Å²) in [6, 6.07) is 1.96. The predicted molar refractivity (Wildman–Crippen MR) is 105 cm³/mol. The number of likely N-dealkylation sites (N-methyl/N-ethyl adjacent to an activating group) is 1. The van der Waals surface area contributed by atoms with E-state index in [1.54, 1.807) is 13.4 Å². The van der Waals surface area contributed by atoms with Gasteiger partial charge in [-0.25, -0.2) is 9.97 Å². The first-order chi connectivity index (χ1) is 13.1. The van der Waals surface area contributed by atoms with Gasteiger partial charge in [0.15, 0.2) is 11.4 Å². The smallest absolute Gasteiger partial charge is 0.248 e. The fourth-order valence-corrected chi connectivity index (χ4v) is 3.35. The SMILES string of the molecule is CC(C)(O)O.CNC(=O)C1CCC(n2cnc3c4[nH]c(C)cc4c(Cl)nc32)O1. The van der Waals surface area contributed by atoms with Gasteiger partial charge in [-0.05, 0) is 39.7 Å². The van der Waals surface area contributed by atoms with Gasteiger partial charge in [0.25, 0.3) is 0 Å². The third kappa shape index (κ3) is 4.27. The Labute approximate surface area is 166 Å². The molecule has 2 unspecified atom stereocenters. The maximum absolute atomic E-state index is 11.7. The van der Waals surface area contributed by atoms with Gasteiger partial charge in [0.2, 0.25) is 5.91 Å². The summed E-state index contributed by atoms with van der Waals surface area (Å²) in [6.45, 7) is 4.56. The Morgan fingerprint density at radius 3 is 2.75 bits per heavy atom. The van der Waals surface area contributed by atoms with Gasteiger partial charge in [0.1, 0.15) is 23.0 Å². The molecule has 2 atom stereocenters. The molecule has 4 N–H and O–H groups in total. The average Bonchev–Trinajstić information content (AvgIpc) is 3.29. The van der Waals surface area contributed by atoms with E-state index in [1.165, 1.54) is 13.8 Å². The van der Waals surface area contributed by atoms with Gasteiger partial charge in [-0.2, -0.15) is 0 Å². The maximum Gasteiger partial charge on any atom is 0.248 e. The van der Waals surface area contributed by atoms with Crippen molar-refractivity contribution in [1.82, 2.24) is 24.8 Å². The molecule has 1 aliphatic heterocycles. The summed E-state index contributed by atoms with van der Waals surface area (Å²) in [6.07, 6.45) is 2.39. The van der Waals surface area contributed by atoms with Crippen molar-refractivity contribution in [3.8, 4) is 0 Å². The van der Waals surface area contributed by atoms with E-state index in [1.807, 2.05) is 17.6 Å². The second-order valence-electron chi connectivity index (χ2n) is 7.23. The summed E-state index contributed by atoms with van der Waals surface area (Å²) >= 11 is 6.31. The number of aromatic amines is 1. The Bertz CT molecular complexity index is 1000. The number of fused-ring (bicyclic) bond motifs is 3. The molecule has 0 aliphatic carbocycles. The molecule has 9 nitrogen and oxygen atoms in total. The van der Waals surface area contributed by atoms with Crippen molar-refractivity contribution in [3.05, 3.63) is 23.2 Å². The van der Waals surface area contributed by atoms with Crippen LogP contribution in [0.25, 0.3) is 22.1 Å². The van der Waals surface area contributed by atoms with Crippen molar-refractivity contribution in [2.75, 3.05) is 7.05 Å². The van der Waals surface area contributed by atoms with E-state index in [4.69, 9.17) is 26.6 Å². The zero-order valence-corrected chi connectivity index (χ0v) is 16.9. The second-order valence-corrected chi connectivity index (χ2v) is 7.59. The quantitative estimate of drug-likeness (QED) is 0.379. The van der Waals surface area contributed by atoms with Gasteiger partial charge in [-0.3, -0.25) is 9.36 Å². The molecule has 4 rings (SSSR count). The number of nitrogens with zero attached hydrogens (tertiary/aromatic N) is 3. The molecule has 0 spiro atoms. The van der Waals surface area contributed by atoms with Crippen LogP contribution in [0.5, 0.6) is 0 Å². The van der Waals surface area contributed by atoms with Crippen molar-refractivity contribution < 1.29 is 19.7 Å². The number of carbonyl (C=O) groups excluding carboxylic acids is 1. The lowest BCUT2D eigenvalue weighted by Crippen LogP contribution is -2.31. The van der Waals surface area contributed by atoms with Crippen LogP contribution in [0, 0.1) is 6.92 Å². The highest BCUT2D eigenvalue weighted by molar-refractivity contribution is 6.35. The Balaban J connectivity index is 0.000000403. The van der Waals surface area contributed by atoms with Gasteiger partial charge in [0.05, 0.1) is 11.8 Å². The zero-order valence-electron chi connectivity index (χ0n) is 16.2. The largest absolute Gasteiger partial charge is 0.366 e. The number of ether oxygens (including phenoxy) is 1. The molecule has 28 heavy (non-hydrogen) atoms. The molecule has 0 bridgehead atoms. The van der Waals surface area contributed by atoms with Crippen LogP contribution >= 0.6 is 11.6 Å². The van der Waals surface area contributed by atoms with Crippen LogP contribution in [-0.2, 0) is 9.53 Å². The van der Waals surface area contributed by atoms with Crippen LogP contribution in [0.1, 0.15) is 38.6 Å². The fraction of sp³-hybridized carbons (Fsp3) is 0.500. The van der Waals surface area contributed by atoms with Crippen LogP contribution in [0.2, 0.25) is 5.15 Å². The lowest BCUT2D eigenvalue weighted by atomic mass is 10.2. The van der Waals surface area contributed by atoms with Crippen molar-refractivity contribution in [1.29, 1.82) is 0 Å². The molecule has 152 valence electrons. The summed E-state index contributed by atoms with van der Waals surface area (Å²) in [5, 5.41) is 20.1. The molecule has 1 aliphatic rings. The molecule has 4 heterocycles. The van der Waals surface area contributed by atoms with Crippen LogP contribution in [0.15, 0.2) is 12.4 Å². The van der Waals surface area contributed by atoms with Gasteiger partial charge in [-0.15, -0.1) is 0 Å². The minimum atomic E-state index is -1.50. The van der Waals surface area contributed by atoms with Crippen LogP contribution < -0.4 is 5.32 Å². The van der Waals surface area contributed by atoms with E-state index in [0.29, 0.717) is 17.2 Å². The Morgan fingerprint density at radius 2 is 2.11 bits per heavy atom. The van der Waals surface area contributed by atoms with Gasteiger partial charge >= 0.3 is 0 Å². The molecule has 1 amide bonds. The maximum atomic E-state index is 11.7. The van der Waals surface area contributed by atoms with Gasteiger partial charge < -0.3 is 25.3 Å². The Hall–Kier alpha value is -2.20. The molecule has 3 aromatic rings. The first kappa shape index (κ1) is 20.5. The summed E-state index contributed by atoms with van der Waals surface area (Å²) < 4.78 is 7.69. The summed E-state index contributed by atoms with van der Waals surface area (Å²) in [5.41, 5.74) is 3.29. The predicted octanol–water partition coefficient (Wildman–Crippen LogP) is 2.01. The number of nitrogens with one attached hydrogen (secondary N) is 2. The highest BCUT2D eigenvalue weighted by atomic mass is 35.5. The highest BCUT2D eigenvalue weighted by Gasteiger charge is 2.32. The summed E-state index contributed by atoms with van der Waals surface area (Å²) in [7, 11) is 1.61. The van der Waals surface area contributed by atoms with Crippen LogP contribution in [0.3, 0.4) is 0 Å². The van der Waals surface area contributed by atoms with E-state index in [0.717, 1.165) is 28.5 Å². The third-order valence-corrected chi connectivity index (χ3v) is 4.52.